The summed E-state index contributed by atoms with van der Waals surface area (Å²) < 4.78 is 11.5. The van der Waals surface area contributed by atoms with Crippen molar-refractivity contribution in [3.8, 4) is 39.8 Å². The van der Waals surface area contributed by atoms with Crippen molar-refractivity contribution >= 4 is 53.4 Å². The highest BCUT2D eigenvalue weighted by Gasteiger charge is 2.51. The predicted octanol–water partition coefficient (Wildman–Crippen LogP) is 12.1. The van der Waals surface area contributed by atoms with Crippen LogP contribution in [-0.2, 0) is 5.41 Å². The van der Waals surface area contributed by atoms with Gasteiger partial charge < -0.3 is 4.74 Å². The number of hydrogen-bond acceptors (Lipinski definition) is 4. The van der Waals surface area contributed by atoms with Gasteiger partial charge in [-0.3, -0.25) is 4.57 Å². The van der Waals surface area contributed by atoms with E-state index >= 15 is 0 Å². The molecule has 1 spiro atoms. The molecule has 12 rings (SSSR count). The average molecular weight is 682 g/mol. The van der Waals surface area contributed by atoms with Gasteiger partial charge in [-0.2, -0.15) is 0 Å². The summed E-state index contributed by atoms with van der Waals surface area (Å²) in [5.41, 5.74) is 11.8. The first kappa shape index (κ1) is 28.2. The van der Waals surface area contributed by atoms with Gasteiger partial charge in [-0.05, 0) is 52.6 Å². The largest absolute Gasteiger partial charge is 0.457 e. The molecule has 52 heavy (non-hydrogen) atoms. The Kier molecular flexibility index (Phi) is 5.55. The van der Waals surface area contributed by atoms with E-state index in [0.717, 1.165) is 71.3 Å². The molecule has 0 saturated heterocycles. The van der Waals surface area contributed by atoms with Crippen LogP contribution in [0.2, 0.25) is 0 Å². The van der Waals surface area contributed by atoms with E-state index in [1.165, 1.54) is 27.0 Å². The Morgan fingerprint density at radius 1 is 0.500 bits per heavy atom. The van der Waals surface area contributed by atoms with Gasteiger partial charge in [0.05, 0.1) is 32.4 Å². The number of rotatable bonds is 2. The molecule has 7 aromatic carbocycles. The molecule has 0 bridgehead atoms. The highest BCUT2D eigenvalue weighted by atomic mass is 32.1. The summed E-state index contributed by atoms with van der Waals surface area (Å²) in [5.74, 6) is 2.40. The minimum Gasteiger partial charge on any atom is -0.457 e. The molecule has 4 heterocycles. The second-order valence-corrected chi connectivity index (χ2v) is 14.7. The van der Waals surface area contributed by atoms with Gasteiger partial charge in [0.2, 0.25) is 5.95 Å². The molecule has 5 heteroatoms. The van der Waals surface area contributed by atoms with Crippen LogP contribution >= 0.6 is 11.3 Å². The standard InChI is InChI=1S/C47H27N3OS/c1-2-14-28(15-3-1)43-45-44(32-19-7-13-25-42(32)52-45)49-46(48-43)50-38-23-11-6-18-31(38)33-26-41-37(27-39(33)50)47(36-22-10-12-24-40(36)51-41)34-20-8-4-16-29(34)30-17-5-9-21-35(30)47/h1-27H. The number of ether oxygens (including phenoxy) is 1. The van der Waals surface area contributed by atoms with Gasteiger partial charge in [0.1, 0.15) is 11.5 Å². The maximum Gasteiger partial charge on any atom is 0.235 e. The van der Waals surface area contributed by atoms with E-state index in [9.17, 15) is 0 Å². The molecule has 10 aromatic rings. The lowest BCUT2D eigenvalue weighted by molar-refractivity contribution is 0.437. The van der Waals surface area contributed by atoms with Crippen molar-refractivity contribution in [3.63, 3.8) is 0 Å². The number of nitrogens with zero attached hydrogens (tertiary/aromatic N) is 3. The topological polar surface area (TPSA) is 39.9 Å². The minimum atomic E-state index is -0.573. The average Bonchev–Trinajstić information content (AvgIpc) is 3.84. The molecule has 0 fully saturated rings. The Hall–Kier alpha value is -6.56. The molecule has 2 aliphatic rings. The second kappa shape index (κ2) is 10.3. The second-order valence-electron chi connectivity index (χ2n) is 13.7. The minimum absolute atomic E-state index is 0.573. The first-order valence-electron chi connectivity index (χ1n) is 17.6. The SMILES string of the molecule is c1ccc(-c2nc(-n3c4ccccc4c4cc5c(cc43)C3(c4ccccc4O5)c4ccccc4-c4ccccc43)nc3c2sc2ccccc23)cc1. The number of hydrogen-bond donors (Lipinski definition) is 0. The normalized spacial score (nSPS) is 13.7. The molecule has 0 amide bonds. The van der Waals surface area contributed by atoms with Crippen LogP contribution in [0.15, 0.2) is 164 Å². The van der Waals surface area contributed by atoms with Crippen LogP contribution in [0.25, 0.3) is 70.4 Å². The molecule has 4 nitrogen and oxygen atoms in total. The van der Waals surface area contributed by atoms with E-state index < -0.39 is 5.41 Å². The molecular formula is C47H27N3OS. The molecule has 1 aliphatic carbocycles. The van der Waals surface area contributed by atoms with Crippen LogP contribution in [0.5, 0.6) is 11.5 Å². The molecule has 0 N–H and O–H groups in total. The highest BCUT2D eigenvalue weighted by Crippen LogP contribution is 2.62. The number of fused-ring (bicyclic) bond motifs is 15. The number of para-hydroxylation sites is 2. The van der Waals surface area contributed by atoms with Gasteiger partial charge in [-0.1, -0.05) is 133 Å². The van der Waals surface area contributed by atoms with Gasteiger partial charge >= 0.3 is 0 Å². The number of aromatic nitrogens is 3. The van der Waals surface area contributed by atoms with Crippen molar-refractivity contribution in [2.75, 3.05) is 0 Å². The van der Waals surface area contributed by atoms with Crippen LogP contribution in [0.4, 0.5) is 0 Å². The van der Waals surface area contributed by atoms with Crippen molar-refractivity contribution in [2.24, 2.45) is 0 Å². The summed E-state index contributed by atoms with van der Waals surface area (Å²) in [6, 6.07) is 58.5. The molecular weight excluding hydrogens is 655 g/mol. The van der Waals surface area contributed by atoms with E-state index in [4.69, 9.17) is 14.7 Å². The third kappa shape index (κ3) is 3.55. The quantitative estimate of drug-likeness (QED) is 0.182. The Morgan fingerprint density at radius 2 is 1.15 bits per heavy atom. The molecule has 0 saturated carbocycles. The van der Waals surface area contributed by atoms with Gasteiger partial charge in [0.25, 0.3) is 0 Å². The first-order valence-corrected chi connectivity index (χ1v) is 18.4. The fourth-order valence-electron chi connectivity index (χ4n) is 9.00. The lowest BCUT2D eigenvalue weighted by Crippen LogP contribution is -2.32. The zero-order valence-electron chi connectivity index (χ0n) is 27.7. The Bertz CT molecular complexity index is 3070. The van der Waals surface area contributed by atoms with Gasteiger partial charge in [0, 0.05) is 37.5 Å². The molecule has 0 radical (unpaired) electrons. The first-order chi connectivity index (χ1) is 25.8. The van der Waals surface area contributed by atoms with Gasteiger partial charge in [-0.15, -0.1) is 11.3 Å². The third-order valence-corrected chi connectivity index (χ3v) is 12.3. The van der Waals surface area contributed by atoms with Crippen LogP contribution in [0.3, 0.4) is 0 Å². The Labute approximate surface area is 302 Å². The lowest BCUT2D eigenvalue weighted by Gasteiger charge is -2.39. The van der Waals surface area contributed by atoms with E-state index in [-0.39, 0.29) is 0 Å². The number of benzene rings is 7. The highest BCUT2D eigenvalue weighted by molar-refractivity contribution is 7.26. The molecule has 242 valence electrons. The summed E-state index contributed by atoms with van der Waals surface area (Å²) in [5, 5.41) is 3.37. The van der Waals surface area contributed by atoms with Crippen molar-refractivity contribution in [2.45, 2.75) is 5.41 Å². The Balaban J connectivity index is 1.23. The Morgan fingerprint density at radius 3 is 1.96 bits per heavy atom. The summed E-state index contributed by atoms with van der Waals surface area (Å²) in [6.07, 6.45) is 0. The van der Waals surface area contributed by atoms with Crippen LogP contribution in [0, 0.1) is 0 Å². The van der Waals surface area contributed by atoms with Gasteiger partial charge in [0.15, 0.2) is 0 Å². The van der Waals surface area contributed by atoms with E-state index in [0.29, 0.717) is 5.95 Å². The molecule has 0 unspecified atom stereocenters. The summed E-state index contributed by atoms with van der Waals surface area (Å²) in [6.45, 7) is 0. The smallest absolute Gasteiger partial charge is 0.235 e. The predicted molar refractivity (Wildman–Crippen MR) is 212 cm³/mol. The lowest BCUT2D eigenvalue weighted by atomic mass is 9.66. The molecule has 0 atom stereocenters. The fourth-order valence-corrected chi connectivity index (χ4v) is 10.2. The zero-order chi connectivity index (χ0) is 34.0. The van der Waals surface area contributed by atoms with Gasteiger partial charge in [-0.25, -0.2) is 9.97 Å². The van der Waals surface area contributed by atoms with Crippen molar-refractivity contribution in [1.82, 2.24) is 14.5 Å². The summed E-state index contributed by atoms with van der Waals surface area (Å²) >= 11 is 1.76. The van der Waals surface area contributed by atoms with Crippen LogP contribution in [0.1, 0.15) is 22.3 Å². The summed E-state index contributed by atoms with van der Waals surface area (Å²) in [7, 11) is 0. The van der Waals surface area contributed by atoms with E-state index in [1.807, 2.05) is 0 Å². The number of thiophene rings is 1. The maximum absolute atomic E-state index is 6.90. The van der Waals surface area contributed by atoms with Crippen LogP contribution in [-0.4, -0.2) is 14.5 Å². The molecule has 3 aromatic heterocycles. The monoisotopic (exact) mass is 681 g/mol. The van der Waals surface area contributed by atoms with E-state index in [1.54, 1.807) is 11.3 Å². The van der Waals surface area contributed by atoms with E-state index in [2.05, 4.69) is 168 Å². The van der Waals surface area contributed by atoms with Crippen LogP contribution < -0.4 is 4.74 Å². The van der Waals surface area contributed by atoms with Crippen molar-refractivity contribution < 1.29 is 4.74 Å². The molecule has 1 aliphatic heterocycles. The third-order valence-electron chi connectivity index (χ3n) is 11.1. The van der Waals surface area contributed by atoms with Crippen molar-refractivity contribution in [1.29, 1.82) is 0 Å². The maximum atomic E-state index is 6.90. The van der Waals surface area contributed by atoms with Crippen molar-refractivity contribution in [3.05, 3.63) is 186 Å². The zero-order valence-corrected chi connectivity index (χ0v) is 28.6. The summed E-state index contributed by atoms with van der Waals surface area (Å²) in [4.78, 5) is 10.9. The fraction of sp³-hybridized carbons (Fsp3) is 0.0213.